The van der Waals surface area contributed by atoms with Crippen molar-refractivity contribution in [1.82, 2.24) is 20.5 Å². The summed E-state index contributed by atoms with van der Waals surface area (Å²) in [6, 6.07) is 3.82. The van der Waals surface area contributed by atoms with Gasteiger partial charge in [0.1, 0.15) is 0 Å². The highest BCUT2D eigenvalue weighted by atomic mass is 16.5. The molecule has 1 aromatic rings. The number of pyridine rings is 1. The molecule has 1 aliphatic heterocycles. The van der Waals surface area contributed by atoms with Crippen molar-refractivity contribution < 1.29 is 14.3 Å². The molecular formula is C23H31N5O3. The number of nitrogens with zero attached hydrogens (tertiary/aromatic N) is 3. The Balaban J connectivity index is 1.33. The van der Waals surface area contributed by atoms with E-state index in [4.69, 9.17) is 4.74 Å². The second kappa shape index (κ2) is 9.49. The van der Waals surface area contributed by atoms with Crippen molar-refractivity contribution in [1.29, 1.82) is 0 Å². The third-order valence-corrected chi connectivity index (χ3v) is 6.23. The van der Waals surface area contributed by atoms with Crippen molar-refractivity contribution >= 4 is 17.8 Å². The van der Waals surface area contributed by atoms with Crippen molar-refractivity contribution in [2.45, 2.75) is 33.2 Å². The fourth-order valence-corrected chi connectivity index (χ4v) is 4.85. The molecule has 1 saturated carbocycles. The minimum Gasteiger partial charge on any atom is -0.477 e. The van der Waals surface area contributed by atoms with E-state index in [-0.39, 0.29) is 35.5 Å². The van der Waals surface area contributed by atoms with E-state index in [9.17, 15) is 9.59 Å². The van der Waals surface area contributed by atoms with E-state index >= 15 is 0 Å². The predicted octanol–water partition coefficient (Wildman–Crippen LogP) is 1.73. The Morgan fingerprint density at radius 1 is 1.19 bits per heavy atom. The lowest BCUT2D eigenvalue weighted by Crippen LogP contribution is -2.43. The van der Waals surface area contributed by atoms with Gasteiger partial charge in [-0.15, -0.1) is 0 Å². The minimum atomic E-state index is -0.142. The average Bonchev–Trinajstić information content (AvgIpc) is 3.46. The molecule has 166 valence electrons. The summed E-state index contributed by atoms with van der Waals surface area (Å²) < 4.78 is 5.70. The maximum Gasteiger partial charge on any atom is 0.233 e. The molecule has 2 aliphatic carbocycles. The van der Waals surface area contributed by atoms with Gasteiger partial charge in [-0.2, -0.15) is 0 Å². The molecule has 8 heteroatoms. The van der Waals surface area contributed by atoms with E-state index in [2.05, 4.69) is 39.7 Å². The first kappa shape index (κ1) is 21.3. The molecule has 4 atom stereocenters. The summed E-state index contributed by atoms with van der Waals surface area (Å²) in [5.41, 5.74) is 0.911. The number of imide groups is 1. The molecular weight excluding hydrogens is 394 g/mol. The number of allylic oxidation sites excluding steroid dienone is 2. The van der Waals surface area contributed by atoms with Crippen LogP contribution in [0.1, 0.15) is 32.3 Å². The number of hydrogen-bond acceptors (Lipinski definition) is 5. The number of likely N-dealkylation sites (tertiary alicyclic amines) is 1. The van der Waals surface area contributed by atoms with Crippen LogP contribution in [0.3, 0.4) is 0 Å². The molecule has 31 heavy (non-hydrogen) atoms. The summed E-state index contributed by atoms with van der Waals surface area (Å²) in [5, 5.41) is 6.45. The molecule has 0 radical (unpaired) electrons. The number of carbonyl (C=O) groups excluding carboxylic acids is 2. The summed E-state index contributed by atoms with van der Waals surface area (Å²) in [6.45, 7) is 6.60. The predicted molar refractivity (Wildman–Crippen MR) is 117 cm³/mol. The average molecular weight is 426 g/mol. The Morgan fingerprint density at radius 3 is 2.61 bits per heavy atom. The Labute approximate surface area is 183 Å². The molecule has 2 bridgehead atoms. The normalized spacial score (nSPS) is 26.5. The van der Waals surface area contributed by atoms with Gasteiger partial charge in [0.25, 0.3) is 0 Å². The molecule has 1 aromatic heterocycles. The molecule has 8 nitrogen and oxygen atoms in total. The fraction of sp³-hybridized carbons (Fsp3) is 0.565. The summed E-state index contributed by atoms with van der Waals surface area (Å²) >= 11 is 0. The quantitative estimate of drug-likeness (QED) is 0.271. The second-order valence-corrected chi connectivity index (χ2v) is 8.27. The monoisotopic (exact) mass is 425 g/mol. The van der Waals surface area contributed by atoms with Crippen LogP contribution in [0.5, 0.6) is 5.88 Å². The van der Waals surface area contributed by atoms with E-state index in [1.165, 1.54) is 4.90 Å². The molecule has 2 N–H and O–H groups in total. The van der Waals surface area contributed by atoms with Gasteiger partial charge in [-0.25, -0.2) is 9.98 Å². The number of nitrogens with one attached hydrogen (secondary N) is 2. The van der Waals surface area contributed by atoms with Gasteiger partial charge < -0.3 is 15.4 Å². The van der Waals surface area contributed by atoms with Crippen molar-refractivity contribution in [2.75, 3.05) is 26.2 Å². The summed E-state index contributed by atoms with van der Waals surface area (Å²) in [6.07, 6.45) is 7.81. The lowest BCUT2D eigenvalue weighted by molar-refractivity contribution is -0.140. The van der Waals surface area contributed by atoms with Crippen LogP contribution in [-0.4, -0.2) is 53.9 Å². The van der Waals surface area contributed by atoms with Crippen LogP contribution in [0, 0.1) is 23.7 Å². The number of fused-ring (bicyclic) bond motifs is 5. The number of carbonyl (C=O) groups is 2. The molecule has 4 unspecified atom stereocenters. The number of aliphatic imine (C=N–C) groups is 1. The van der Waals surface area contributed by atoms with Crippen LogP contribution >= 0.6 is 0 Å². The number of amides is 2. The minimum absolute atomic E-state index is 0.0105. The van der Waals surface area contributed by atoms with E-state index in [0.29, 0.717) is 44.6 Å². The third-order valence-electron chi connectivity index (χ3n) is 6.23. The van der Waals surface area contributed by atoms with Gasteiger partial charge in [0, 0.05) is 31.4 Å². The highest BCUT2D eigenvalue weighted by Crippen LogP contribution is 2.52. The lowest BCUT2D eigenvalue weighted by Gasteiger charge is -2.18. The van der Waals surface area contributed by atoms with Crippen molar-refractivity contribution in [3.8, 4) is 5.88 Å². The highest BCUT2D eigenvalue weighted by molar-refractivity contribution is 6.06. The maximum atomic E-state index is 12.8. The highest BCUT2D eigenvalue weighted by Gasteiger charge is 2.58. The molecule has 4 rings (SSSR count). The lowest BCUT2D eigenvalue weighted by atomic mass is 9.85. The van der Waals surface area contributed by atoms with Gasteiger partial charge in [0.15, 0.2) is 5.96 Å². The van der Waals surface area contributed by atoms with E-state index in [0.717, 1.165) is 18.4 Å². The topological polar surface area (TPSA) is 95.9 Å². The van der Waals surface area contributed by atoms with Crippen molar-refractivity contribution in [3.63, 3.8) is 0 Å². The summed E-state index contributed by atoms with van der Waals surface area (Å²) in [7, 11) is 0. The molecule has 2 fully saturated rings. The molecule has 2 amide bonds. The smallest absolute Gasteiger partial charge is 0.233 e. The van der Waals surface area contributed by atoms with E-state index < -0.39 is 0 Å². The summed E-state index contributed by atoms with van der Waals surface area (Å²) in [5.74, 6) is 1.42. The number of aromatic nitrogens is 1. The van der Waals surface area contributed by atoms with Gasteiger partial charge in [-0.3, -0.25) is 14.5 Å². The van der Waals surface area contributed by atoms with E-state index in [1.807, 2.05) is 19.1 Å². The first-order valence-corrected chi connectivity index (χ1v) is 11.3. The van der Waals surface area contributed by atoms with Gasteiger partial charge in [0.05, 0.1) is 25.0 Å². The van der Waals surface area contributed by atoms with Gasteiger partial charge in [-0.1, -0.05) is 25.1 Å². The number of rotatable bonds is 9. The van der Waals surface area contributed by atoms with Gasteiger partial charge >= 0.3 is 0 Å². The largest absolute Gasteiger partial charge is 0.477 e. The van der Waals surface area contributed by atoms with Crippen LogP contribution in [0.25, 0.3) is 0 Å². The van der Waals surface area contributed by atoms with Crippen LogP contribution in [0.15, 0.2) is 35.5 Å². The number of guanidine groups is 1. The zero-order chi connectivity index (χ0) is 21.8. The molecule has 2 heterocycles. The Kier molecular flexibility index (Phi) is 6.53. The van der Waals surface area contributed by atoms with Crippen LogP contribution in [0.2, 0.25) is 0 Å². The molecule has 1 saturated heterocycles. The van der Waals surface area contributed by atoms with Crippen molar-refractivity contribution in [2.24, 2.45) is 28.7 Å². The molecule has 3 aliphatic rings. The first-order valence-electron chi connectivity index (χ1n) is 11.3. The number of hydrogen-bond donors (Lipinski definition) is 2. The second-order valence-electron chi connectivity index (χ2n) is 8.27. The zero-order valence-electron chi connectivity index (χ0n) is 18.2. The Morgan fingerprint density at radius 2 is 1.94 bits per heavy atom. The first-order chi connectivity index (χ1) is 15.1. The summed E-state index contributed by atoms with van der Waals surface area (Å²) in [4.78, 5) is 36.0. The number of ether oxygens (including phenoxy) is 1. The van der Waals surface area contributed by atoms with Crippen molar-refractivity contribution in [3.05, 3.63) is 36.0 Å². The van der Waals surface area contributed by atoms with E-state index in [1.54, 1.807) is 6.20 Å². The Bertz CT molecular complexity index is 854. The van der Waals surface area contributed by atoms with Crippen LogP contribution in [0.4, 0.5) is 0 Å². The maximum absolute atomic E-state index is 12.8. The Hall–Kier alpha value is -2.90. The third kappa shape index (κ3) is 4.29. The molecule has 0 aromatic carbocycles. The SMILES string of the molecule is CCCOc1ncccc1CN=C(NCC)NCCN1C(=O)C2C3C=CC(C3)C2C1=O. The molecule has 0 spiro atoms. The zero-order valence-corrected chi connectivity index (χ0v) is 18.2. The van der Waals surface area contributed by atoms with Crippen LogP contribution in [-0.2, 0) is 16.1 Å². The van der Waals surface area contributed by atoms with Gasteiger partial charge in [0.2, 0.25) is 17.7 Å². The fourth-order valence-electron chi connectivity index (χ4n) is 4.85. The van der Waals surface area contributed by atoms with Gasteiger partial charge in [-0.05, 0) is 37.7 Å². The van der Waals surface area contributed by atoms with Crippen LogP contribution < -0.4 is 15.4 Å². The standard InChI is InChI=1S/C23H31N5O3/c1-3-12-31-20-17(6-5-9-25-20)14-27-23(24-4-2)26-10-11-28-21(29)18-15-7-8-16(13-15)19(18)22(28)30/h5-9,15-16,18-19H,3-4,10-14H2,1-2H3,(H2,24,26,27).